The molecule has 0 saturated carbocycles. The van der Waals surface area contributed by atoms with E-state index >= 15 is 0 Å². The van der Waals surface area contributed by atoms with Gasteiger partial charge in [-0.15, -0.1) is 0 Å². The van der Waals surface area contributed by atoms with Crippen LogP contribution in [0.5, 0.6) is 0 Å². The molecule has 0 radical (unpaired) electrons. The van der Waals surface area contributed by atoms with E-state index in [1.54, 1.807) is 0 Å². The van der Waals surface area contributed by atoms with Crippen molar-refractivity contribution < 1.29 is 14.2 Å². The maximum atomic E-state index is 5.93. The van der Waals surface area contributed by atoms with E-state index in [0.717, 1.165) is 37.6 Å². The number of hydrogen-bond acceptors (Lipinski definition) is 3. The molecular formula is C32H62O3. The van der Waals surface area contributed by atoms with Gasteiger partial charge in [-0.2, -0.15) is 0 Å². The van der Waals surface area contributed by atoms with Gasteiger partial charge in [0.15, 0.2) is 0 Å². The zero-order valence-electron chi connectivity index (χ0n) is 24.4. The van der Waals surface area contributed by atoms with Gasteiger partial charge in [0.25, 0.3) is 0 Å². The molecule has 0 rings (SSSR count). The highest BCUT2D eigenvalue weighted by atomic mass is 16.5. The van der Waals surface area contributed by atoms with Crippen LogP contribution in [0.3, 0.4) is 0 Å². The Morgan fingerprint density at radius 1 is 0.429 bits per heavy atom. The highest BCUT2D eigenvalue weighted by Gasteiger charge is 2.02. The summed E-state index contributed by atoms with van der Waals surface area (Å²) in [6.45, 7) is 11.2. The molecule has 0 fully saturated rings. The Morgan fingerprint density at radius 3 is 1.00 bits per heavy atom. The highest BCUT2D eigenvalue weighted by Crippen LogP contribution is 2.13. The van der Waals surface area contributed by atoms with E-state index < -0.39 is 0 Å². The van der Waals surface area contributed by atoms with E-state index in [4.69, 9.17) is 14.2 Å². The van der Waals surface area contributed by atoms with Gasteiger partial charge in [-0.25, -0.2) is 0 Å². The molecule has 0 N–H and O–H groups in total. The Balaban J connectivity index is 3.57. The third kappa shape index (κ3) is 25.9. The third-order valence-corrected chi connectivity index (χ3v) is 6.70. The van der Waals surface area contributed by atoms with Gasteiger partial charge in [0, 0.05) is 0 Å². The second-order valence-electron chi connectivity index (χ2n) is 10.1. The number of rotatable bonds is 28. The lowest BCUT2D eigenvalue weighted by atomic mass is 10.1. The molecule has 0 bridgehead atoms. The Hall–Kier alpha value is -0.960. The first-order chi connectivity index (χ1) is 17.3. The fourth-order valence-electron chi connectivity index (χ4n) is 4.25. The van der Waals surface area contributed by atoms with Crippen LogP contribution in [0.15, 0.2) is 23.7 Å². The van der Waals surface area contributed by atoms with Crippen LogP contribution in [0.2, 0.25) is 0 Å². The van der Waals surface area contributed by atoms with Crippen LogP contribution in [0.1, 0.15) is 156 Å². The lowest BCUT2D eigenvalue weighted by molar-refractivity contribution is 0.0762. The molecule has 3 heteroatoms. The first-order valence-corrected chi connectivity index (χ1v) is 15.4. The minimum Gasteiger partial charge on any atom is -0.496 e. The van der Waals surface area contributed by atoms with E-state index in [0.29, 0.717) is 13.2 Å². The predicted octanol–water partition coefficient (Wildman–Crippen LogP) is 10.7. The van der Waals surface area contributed by atoms with Gasteiger partial charge in [0.05, 0.1) is 13.2 Å². The molecule has 0 aliphatic heterocycles. The van der Waals surface area contributed by atoms with Crippen molar-refractivity contribution in [3.63, 3.8) is 0 Å². The molecule has 3 nitrogen and oxygen atoms in total. The molecule has 0 unspecified atom stereocenters. The average molecular weight is 495 g/mol. The molecule has 0 saturated heterocycles. The lowest BCUT2D eigenvalue weighted by Gasteiger charge is -2.13. The largest absolute Gasteiger partial charge is 0.496 e. The van der Waals surface area contributed by atoms with Gasteiger partial charge >= 0.3 is 0 Å². The Bertz CT molecular complexity index is 427. The van der Waals surface area contributed by atoms with Crippen molar-refractivity contribution in [3.05, 3.63) is 23.7 Å². The van der Waals surface area contributed by atoms with Gasteiger partial charge in [-0.3, -0.25) is 0 Å². The summed E-state index contributed by atoms with van der Waals surface area (Å²) in [5.41, 5.74) is 0. The summed E-state index contributed by atoms with van der Waals surface area (Å²) >= 11 is 0. The van der Waals surface area contributed by atoms with E-state index in [2.05, 4.69) is 13.8 Å². The van der Waals surface area contributed by atoms with Crippen molar-refractivity contribution in [3.8, 4) is 0 Å². The fraction of sp³-hybridized carbons (Fsp3) is 0.875. The molecule has 0 aliphatic carbocycles. The summed E-state index contributed by atoms with van der Waals surface area (Å²) in [7, 11) is 0. The molecule has 208 valence electrons. The van der Waals surface area contributed by atoms with Crippen molar-refractivity contribution in [2.75, 3.05) is 26.4 Å². The Morgan fingerprint density at radius 2 is 0.714 bits per heavy atom. The average Bonchev–Trinajstić information content (AvgIpc) is 2.88. The maximum Gasteiger partial charge on any atom is 0.117 e. The summed E-state index contributed by atoms with van der Waals surface area (Å²) in [4.78, 5) is 0. The molecule has 0 amide bonds. The molecule has 0 aromatic carbocycles. The lowest BCUT2D eigenvalue weighted by Crippen LogP contribution is -2.08. The molecule has 0 aromatic heterocycles. The van der Waals surface area contributed by atoms with Gasteiger partial charge < -0.3 is 14.2 Å². The standard InChI is InChI=1S/C32H62O3/c1-5-9-11-13-15-17-19-21-23-25-27-34-31(7-3)29-33-30-32(8-4)35-28-26-24-22-20-18-16-14-12-10-6-2/h7-8H,5-6,9-30H2,1-4H3. The van der Waals surface area contributed by atoms with Crippen LogP contribution >= 0.6 is 0 Å². The van der Waals surface area contributed by atoms with Gasteiger partial charge in [-0.1, -0.05) is 129 Å². The van der Waals surface area contributed by atoms with Crippen molar-refractivity contribution in [2.24, 2.45) is 0 Å². The van der Waals surface area contributed by atoms with E-state index in [1.165, 1.54) is 116 Å². The second kappa shape index (κ2) is 29.3. The van der Waals surface area contributed by atoms with Crippen LogP contribution < -0.4 is 0 Å². The number of hydrogen-bond donors (Lipinski definition) is 0. The van der Waals surface area contributed by atoms with Crippen LogP contribution in [0.25, 0.3) is 0 Å². The van der Waals surface area contributed by atoms with E-state index in [-0.39, 0.29) is 0 Å². The van der Waals surface area contributed by atoms with E-state index in [1.807, 2.05) is 26.0 Å². The summed E-state index contributed by atoms with van der Waals surface area (Å²) in [6.07, 6.45) is 31.0. The predicted molar refractivity (Wildman–Crippen MR) is 154 cm³/mol. The van der Waals surface area contributed by atoms with Crippen molar-refractivity contribution in [2.45, 2.75) is 156 Å². The van der Waals surface area contributed by atoms with Crippen molar-refractivity contribution in [1.29, 1.82) is 0 Å². The number of unbranched alkanes of at least 4 members (excludes halogenated alkanes) is 18. The van der Waals surface area contributed by atoms with Crippen molar-refractivity contribution >= 4 is 0 Å². The van der Waals surface area contributed by atoms with Gasteiger partial charge in [-0.05, 0) is 38.8 Å². The Labute approximate surface area is 220 Å². The zero-order valence-corrected chi connectivity index (χ0v) is 24.4. The van der Waals surface area contributed by atoms with Crippen LogP contribution in [0, 0.1) is 0 Å². The quantitative estimate of drug-likeness (QED) is 0.0799. The van der Waals surface area contributed by atoms with Crippen LogP contribution in [0.4, 0.5) is 0 Å². The first kappa shape index (κ1) is 34.0. The van der Waals surface area contributed by atoms with Gasteiger partial charge in [0.2, 0.25) is 0 Å². The molecule has 0 heterocycles. The molecule has 0 spiro atoms. The molecule has 0 atom stereocenters. The van der Waals surface area contributed by atoms with Crippen LogP contribution in [-0.4, -0.2) is 26.4 Å². The third-order valence-electron chi connectivity index (χ3n) is 6.70. The molecule has 0 aliphatic rings. The summed E-state index contributed by atoms with van der Waals surface area (Å²) in [6, 6.07) is 0. The summed E-state index contributed by atoms with van der Waals surface area (Å²) < 4.78 is 17.7. The second-order valence-corrected chi connectivity index (χ2v) is 10.1. The fourth-order valence-corrected chi connectivity index (χ4v) is 4.25. The normalized spacial score (nSPS) is 12.3. The van der Waals surface area contributed by atoms with Crippen molar-refractivity contribution in [1.82, 2.24) is 0 Å². The SMILES string of the molecule is CC=C(COCC(=CC)OCCCCCCCCCCCC)OCCCCCCCCCCCC. The zero-order chi connectivity index (χ0) is 25.7. The first-order valence-electron chi connectivity index (χ1n) is 15.4. The minimum atomic E-state index is 0.521. The molecule has 0 aromatic rings. The minimum absolute atomic E-state index is 0.521. The Kier molecular flexibility index (Phi) is 28.5. The molecular weight excluding hydrogens is 432 g/mol. The monoisotopic (exact) mass is 494 g/mol. The molecule has 35 heavy (non-hydrogen) atoms. The van der Waals surface area contributed by atoms with E-state index in [9.17, 15) is 0 Å². The number of allylic oxidation sites excluding steroid dienone is 2. The summed E-state index contributed by atoms with van der Waals surface area (Å²) in [5, 5.41) is 0. The van der Waals surface area contributed by atoms with Gasteiger partial charge in [0.1, 0.15) is 24.7 Å². The highest BCUT2D eigenvalue weighted by molar-refractivity contribution is 4.94. The number of ether oxygens (including phenoxy) is 3. The van der Waals surface area contributed by atoms with Crippen LogP contribution in [-0.2, 0) is 14.2 Å². The topological polar surface area (TPSA) is 27.7 Å². The smallest absolute Gasteiger partial charge is 0.117 e. The maximum absolute atomic E-state index is 5.93. The summed E-state index contributed by atoms with van der Waals surface area (Å²) in [5.74, 6) is 1.87.